The lowest BCUT2D eigenvalue weighted by Gasteiger charge is -2.24. The van der Waals surface area contributed by atoms with E-state index in [0.29, 0.717) is 34.9 Å². The van der Waals surface area contributed by atoms with Crippen LogP contribution in [0.15, 0.2) is 36.4 Å². The molecule has 1 heterocycles. The summed E-state index contributed by atoms with van der Waals surface area (Å²) in [6.45, 7) is 3.88. The summed E-state index contributed by atoms with van der Waals surface area (Å²) in [5, 5.41) is 3.16. The maximum atomic E-state index is 12.6. The van der Waals surface area contributed by atoms with Crippen molar-refractivity contribution in [2.45, 2.75) is 26.7 Å². The number of carbonyl (C=O) groups excluding carboxylic acids is 2. The van der Waals surface area contributed by atoms with E-state index in [-0.39, 0.29) is 12.5 Å². The lowest BCUT2D eigenvalue weighted by Crippen LogP contribution is -2.37. The van der Waals surface area contributed by atoms with Gasteiger partial charge in [-0.1, -0.05) is 17.7 Å². The van der Waals surface area contributed by atoms with E-state index in [4.69, 9.17) is 11.6 Å². The fraction of sp³-hybridized carbons (Fsp3) is 0.333. The van der Waals surface area contributed by atoms with Gasteiger partial charge in [0.1, 0.15) is 6.54 Å². The van der Waals surface area contributed by atoms with E-state index in [2.05, 4.69) is 5.32 Å². The summed E-state index contributed by atoms with van der Waals surface area (Å²) in [6.07, 6.45) is 2.43. The third-order valence-electron chi connectivity index (χ3n) is 5.04. The molecule has 0 radical (unpaired) electrons. The average Bonchev–Trinajstić information content (AvgIpc) is 3.07. The van der Waals surface area contributed by atoms with Gasteiger partial charge >= 0.3 is 0 Å². The maximum absolute atomic E-state index is 12.6. The Morgan fingerprint density at radius 1 is 1.23 bits per heavy atom. The molecule has 160 valence electrons. The van der Waals surface area contributed by atoms with E-state index in [0.717, 1.165) is 28.2 Å². The van der Waals surface area contributed by atoms with Crippen LogP contribution in [0.25, 0.3) is 0 Å². The van der Waals surface area contributed by atoms with Crippen molar-refractivity contribution >= 4 is 50.5 Å². The molecule has 30 heavy (non-hydrogen) atoms. The highest BCUT2D eigenvalue weighted by Gasteiger charge is 2.25. The van der Waals surface area contributed by atoms with Gasteiger partial charge in [-0.05, 0) is 61.7 Å². The van der Waals surface area contributed by atoms with Gasteiger partial charge in [-0.2, -0.15) is 0 Å². The van der Waals surface area contributed by atoms with E-state index in [1.807, 2.05) is 6.92 Å². The average molecular weight is 450 g/mol. The first kappa shape index (κ1) is 22.1. The highest BCUT2D eigenvalue weighted by Crippen LogP contribution is 2.29. The SMILES string of the molecule is Cc1cc(NC(=O)CN(c2cccc(Cl)c2C)S(C)(=O)=O)ccc1N1CCCC1=O. The quantitative estimate of drug-likeness (QED) is 0.731. The van der Waals surface area contributed by atoms with E-state index in [1.165, 1.54) is 0 Å². The molecule has 0 aliphatic carbocycles. The fourth-order valence-corrected chi connectivity index (χ4v) is 4.59. The number of sulfonamides is 1. The van der Waals surface area contributed by atoms with Crippen LogP contribution in [0.2, 0.25) is 5.02 Å². The smallest absolute Gasteiger partial charge is 0.245 e. The van der Waals surface area contributed by atoms with Crippen LogP contribution in [0.3, 0.4) is 0 Å². The molecule has 1 N–H and O–H groups in total. The summed E-state index contributed by atoms with van der Waals surface area (Å²) in [4.78, 5) is 26.3. The van der Waals surface area contributed by atoms with Crippen LogP contribution in [0.5, 0.6) is 0 Å². The van der Waals surface area contributed by atoms with Crippen molar-refractivity contribution in [2.75, 3.05) is 33.9 Å². The molecule has 0 bridgehead atoms. The molecular formula is C21H24ClN3O4S. The van der Waals surface area contributed by atoms with Crippen molar-refractivity contribution in [1.29, 1.82) is 0 Å². The standard InChI is InChI=1S/C21H24ClN3O4S/c1-14-12-16(9-10-18(14)24-11-5-8-21(24)27)23-20(26)13-25(30(3,28)29)19-7-4-6-17(22)15(19)2/h4,6-7,9-10,12H,5,8,11,13H2,1-3H3,(H,23,26). The second-order valence-electron chi connectivity index (χ2n) is 7.35. The Morgan fingerprint density at radius 2 is 1.97 bits per heavy atom. The van der Waals surface area contributed by atoms with Crippen LogP contribution in [0, 0.1) is 13.8 Å². The second kappa shape index (κ2) is 8.65. The molecule has 1 fully saturated rings. The number of hydrogen-bond donors (Lipinski definition) is 1. The number of halogens is 1. The summed E-state index contributed by atoms with van der Waals surface area (Å²) in [7, 11) is -3.71. The Hall–Kier alpha value is -2.58. The van der Waals surface area contributed by atoms with Crippen LogP contribution < -0.4 is 14.5 Å². The van der Waals surface area contributed by atoms with Gasteiger partial charge in [-0.3, -0.25) is 13.9 Å². The third kappa shape index (κ3) is 4.76. The summed E-state index contributed by atoms with van der Waals surface area (Å²) in [5.41, 5.74) is 3.15. The number of benzene rings is 2. The van der Waals surface area contributed by atoms with Gasteiger partial charge in [0.05, 0.1) is 11.9 Å². The van der Waals surface area contributed by atoms with Crippen molar-refractivity contribution in [3.8, 4) is 0 Å². The van der Waals surface area contributed by atoms with Crippen LogP contribution in [0.4, 0.5) is 17.1 Å². The summed E-state index contributed by atoms with van der Waals surface area (Å²) < 4.78 is 25.7. The Morgan fingerprint density at radius 3 is 2.57 bits per heavy atom. The normalized spacial score (nSPS) is 14.1. The number of aryl methyl sites for hydroxylation is 1. The monoisotopic (exact) mass is 449 g/mol. The topological polar surface area (TPSA) is 86.8 Å². The van der Waals surface area contributed by atoms with Gasteiger partial charge in [0.25, 0.3) is 0 Å². The van der Waals surface area contributed by atoms with E-state index >= 15 is 0 Å². The molecule has 9 heteroatoms. The fourth-order valence-electron chi connectivity index (χ4n) is 3.52. The number of carbonyl (C=O) groups is 2. The first-order valence-electron chi connectivity index (χ1n) is 9.51. The predicted octanol–water partition coefficient (Wildman–Crippen LogP) is 3.49. The Balaban J connectivity index is 1.78. The van der Waals surface area contributed by atoms with Crippen molar-refractivity contribution in [3.63, 3.8) is 0 Å². The van der Waals surface area contributed by atoms with Crippen molar-refractivity contribution in [2.24, 2.45) is 0 Å². The highest BCUT2D eigenvalue weighted by atomic mass is 35.5. The molecule has 0 unspecified atom stereocenters. The largest absolute Gasteiger partial charge is 0.325 e. The molecule has 3 rings (SSSR count). The summed E-state index contributed by atoms with van der Waals surface area (Å²) in [6, 6.07) is 10.2. The van der Waals surface area contributed by atoms with Gasteiger partial charge in [0.2, 0.25) is 21.8 Å². The van der Waals surface area contributed by atoms with Crippen molar-refractivity contribution < 1.29 is 18.0 Å². The molecule has 0 atom stereocenters. The predicted molar refractivity (Wildman–Crippen MR) is 120 cm³/mol. The molecule has 1 saturated heterocycles. The minimum Gasteiger partial charge on any atom is -0.325 e. The van der Waals surface area contributed by atoms with Crippen LogP contribution in [0.1, 0.15) is 24.0 Å². The van der Waals surface area contributed by atoms with E-state index < -0.39 is 15.9 Å². The maximum Gasteiger partial charge on any atom is 0.245 e. The zero-order chi connectivity index (χ0) is 22.1. The summed E-state index contributed by atoms with van der Waals surface area (Å²) in [5.74, 6) is -0.389. The molecule has 0 spiro atoms. The zero-order valence-corrected chi connectivity index (χ0v) is 18.7. The molecule has 2 aromatic carbocycles. The molecule has 0 aromatic heterocycles. The second-order valence-corrected chi connectivity index (χ2v) is 9.67. The molecule has 1 aliphatic rings. The minimum atomic E-state index is -3.71. The Kier molecular flexibility index (Phi) is 6.38. The Labute approximate surface area is 181 Å². The van der Waals surface area contributed by atoms with E-state index in [1.54, 1.807) is 48.2 Å². The number of rotatable bonds is 6. The van der Waals surface area contributed by atoms with Crippen molar-refractivity contribution in [3.05, 3.63) is 52.5 Å². The van der Waals surface area contributed by atoms with Crippen LogP contribution in [-0.2, 0) is 19.6 Å². The molecule has 7 nitrogen and oxygen atoms in total. The van der Waals surface area contributed by atoms with Gasteiger partial charge in [-0.15, -0.1) is 0 Å². The first-order valence-corrected chi connectivity index (χ1v) is 11.7. The van der Waals surface area contributed by atoms with Gasteiger partial charge in [0, 0.05) is 29.4 Å². The number of nitrogens with one attached hydrogen (secondary N) is 1. The van der Waals surface area contributed by atoms with Crippen LogP contribution in [-0.4, -0.2) is 39.6 Å². The minimum absolute atomic E-state index is 0.0931. The van der Waals surface area contributed by atoms with Gasteiger partial charge < -0.3 is 10.2 Å². The number of amides is 2. The number of hydrogen-bond acceptors (Lipinski definition) is 4. The highest BCUT2D eigenvalue weighted by molar-refractivity contribution is 7.92. The molecular weight excluding hydrogens is 426 g/mol. The molecule has 0 saturated carbocycles. The molecule has 1 aliphatic heterocycles. The number of nitrogens with zero attached hydrogens (tertiary/aromatic N) is 2. The lowest BCUT2D eigenvalue weighted by atomic mass is 10.1. The lowest BCUT2D eigenvalue weighted by molar-refractivity contribution is -0.117. The van der Waals surface area contributed by atoms with E-state index in [9.17, 15) is 18.0 Å². The van der Waals surface area contributed by atoms with Crippen molar-refractivity contribution in [1.82, 2.24) is 0 Å². The summed E-state index contributed by atoms with van der Waals surface area (Å²) >= 11 is 6.12. The number of anilines is 3. The Bertz CT molecular complexity index is 1100. The van der Waals surface area contributed by atoms with Crippen LogP contribution >= 0.6 is 11.6 Å². The molecule has 2 aromatic rings. The van der Waals surface area contributed by atoms with Gasteiger partial charge in [-0.25, -0.2) is 8.42 Å². The zero-order valence-electron chi connectivity index (χ0n) is 17.1. The van der Waals surface area contributed by atoms with Gasteiger partial charge in [0.15, 0.2) is 0 Å². The first-order chi connectivity index (χ1) is 14.1. The third-order valence-corrected chi connectivity index (χ3v) is 6.58. The molecule has 2 amide bonds.